The summed E-state index contributed by atoms with van der Waals surface area (Å²) in [7, 11) is 0. The number of ketones is 1. The maximum absolute atomic E-state index is 12.6. The summed E-state index contributed by atoms with van der Waals surface area (Å²) in [5, 5.41) is 0. The highest BCUT2D eigenvalue weighted by molar-refractivity contribution is 6.09. The quantitative estimate of drug-likeness (QED) is 0.538. The van der Waals surface area contributed by atoms with Crippen LogP contribution in [0.1, 0.15) is 44.0 Å². The Morgan fingerprint density at radius 1 is 0.889 bits per heavy atom. The van der Waals surface area contributed by atoms with Gasteiger partial charge in [0.05, 0.1) is 5.56 Å². The summed E-state index contributed by atoms with van der Waals surface area (Å²) in [6, 6.07) is 13.6. The molecule has 3 aromatic rings. The fourth-order valence-corrected chi connectivity index (χ4v) is 3.14. The minimum absolute atomic E-state index is 0.239. The van der Waals surface area contributed by atoms with E-state index in [0.717, 1.165) is 17.7 Å². The van der Waals surface area contributed by atoms with E-state index in [0.29, 0.717) is 12.1 Å². The van der Waals surface area contributed by atoms with Crippen LogP contribution in [0, 0.1) is 20.8 Å². The van der Waals surface area contributed by atoms with Gasteiger partial charge < -0.3 is 4.57 Å². The maximum atomic E-state index is 12.6. The summed E-state index contributed by atoms with van der Waals surface area (Å²) in [6.07, 6.45) is -4.41. The Morgan fingerprint density at radius 3 is 1.85 bits per heavy atom. The van der Waals surface area contributed by atoms with E-state index < -0.39 is 11.7 Å². The summed E-state index contributed by atoms with van der Waals surface area (Å²) in [4.78, 5) is 12.5. The van der Waals surface area contributed by atoms with Gasteiger partial charge in [0.1, 0.15) is 0 Å². The molecule has 1 aromatic heterocycles. The molecule has 0 amide bonds. The van der Waals surface area contributed by atoms with Gasteiger partial charge in [0.15, 0.2) is 5.78 Å². The maximum Gasteiger partial charge on any atom is 0.416 e. The molecule has 0 unspecified atom stereocenters. The van der Waals surface area contributed by atoms with Gasteiger partial charge in [-0.25, -0.2) is 0 Å². The van der Waals surface area contributed by atoms with Crippen molar-refractivity contribution in [2.45, 2.75) is 33.5 Å². The van der Waals surface area contributed by atoms with Gasteiger partial charge in [-0.2, -0.15) is 13.2 Å². The third kappa shape index (κ3) is 3.97. The van der Waals surface area contributed by atoms with Crippen LogP contribution in [0.15, 0.2) is 54.6 Å². The Balaban J connectivity index is 1.77. The molecule has 5 heteroatoms. The zero-order chi connectivity index (χ0) is 19.8. The fraction of sp³-hybridized carbons (Fsp3) is 0.227. The van der Waals surface area contributed by atoms with Gasteiger partial charge in [0.25, 0.3) is 0 Å². The standard InChI is InChI=1S/C22H20F3NO/c1-14-12-15(2)26(16(14)3)13-17-4-6-18(7-5-17)21(27)19-8-10-20(11-9-19)22(23,24)25/h4-12H,13H2,1-3H3. The summed E-state index contributed by atoms with van der Waals surface area (Å²) in [5.41, 5.74) is 4.61. The average molecular weight is 371 g/mol. The smallest absolute Gasteiger partial charge is 0.345 e. The molecule has 0 aliphatic rings. The highest BCUT2D eigenvalue weighted by atomic mass is 19.4. The SMILES string of the molecule is Cc1cc(C)n(Cc2ccc(C(=O)c3ccc(C(F)(F)F)cc3)cc2)c1C. The van der Waals surface area contributed by atoms with Gasteiger partial charge in [0.2, 0.25) is 0 Å². The zero-order valence-electron chi connectivity index (χ0n) is 15.4. The molecule has 0 saturated heterocycles. The third-order valence-electron chi connectivity index (χ3n) is 4.86. The molecule has 3 rings (SSSR count). The van der Waals surface area contributed by atoms with E-state index in [1.807, 2.05) is 12.1 Å². The Kier molecular flexibility index (Phi) is 4.96. The monoisotopic (exact) mass is 371 g/mol. The van der Waals surface area contributed by atoms with E-state index in [2.05, 4.69) is 31.4 Å². The molecule has 2 nitrogen and oxygen atoms in total. The van der Waals surface area contributed by atoms with E-state index in [4.69, 9.17) is 0 Å². The number of halogens is 3. The predicted molar refractivity (Wildman–Crippen MR) is 99.1 cm³/mol. The van der Waals surface area contributed by atoms with Crippen molar-refractivity contribution in [3.63, 3.8) is 0 Å². The highest BCUT2D eigenvalue weighted by Gasteiger charge is 2.30. The van der Waals surface area contributed by atoms with E-state index in [9.17, 15) is 18.0 Å². The number of hydrogen-bond acceptors (Lipinski definition) is 1. The van der Waals surface area contributed by atoms with E-state index in [1.54, 1.807) is 12.1 Å². The van der Waals surface area contributed by atoms with Crippen molar-refractivity contribution in [3.05, 3.63) is 93.8 Å². The van der Waals surface area contributed by atoms with Crippen LogP contribution >= 0.6 is 0 Å². The lowest BCUT2D eigenvalue weighted by Gasteiger charge is -2.11. The number of carbonyl (C=O) groups excluding carboxylic acids is 1. The summed E-state index contributed by atoms with van der Waals surface area (Å²) in [5.74, 6) is -0.292. The molecule has 0 atom stereocenters. The van der Waals surface area contributed by atoms with Crippen molar-refractivity contribution in [2.24, 2.45) is 0 Å². The topological polar surface area (TPSA) is 22.0 Å². The first-order valence-corrected chi connectivity index (χ1v) is 8.61. The van der Waals surface area contributed by atoms with Crippen molar-refractivity contribution in [3.8, 4) is 0 Å². The second kappa shape index (κ2) is 7.06. The number of aryl methyl sites for hydroxylation is 2. The largest absolute Gasteiger partial charge is 0.416 e. The lowest BCUT2D eigenvalue weighted by Crippen LogP contribution is -2.07. The van der Waals surface area contributed by atoms with Gasteiger partial charge in [-0.15, -0.1) is 0 Å². The first-order valence-electron chi connectivity index (χ1n) is 8.61. The van der Waals surface area contributed by atoms with Crippen molar-refractivity contribution in [1.29, 1.82) is 0 Å². The van der Waals surface area contributed by atoms with Crippen LogP contribution in [0.2, 0.25) is 0 Å². The van der Waals surface area contributed by atoms with Gasteiger partial charge in [-0.3, -0.25) is 4.79 Å². The summed E-state index contributed by atoms with van der Waals surface area (Å²) in [6.45, 7) is 6.91. The second-order valence-electron chi connectivity index (χ2n) is 6.74. The van der Waals surface area contributed by atoms with Crippen molar-refractivity contribution in [2.75, 3.05) is 0 Å². The summed E-state index contributed by atoms with van der Waals surface area (Å²) >= 11 is 0. The molecule has 0 aliphatic heterocycles. The molecule has 27 heavy (non-hydrogen) atoms. The first-order chi connectivity index (χ1) is 12.7. The average Bonchev–Trinajstić information content (AvgIpc) is 2.87. The Labute approximate surface area is 156 Å². The Bertz CT molecular complexity index is 965. The minimum Gasteiger partial charge on any atom is -0.345 e. The third-order valence-corrected chi connectivity index (χ3v) is 4.86. The van der Waals surface area contributed by atoms with Crippen LogP contribution in [0.3, 0.4) is 0 Å². The first kappa shape index (κ1) is 19.0. The molecule has 0 N–H and O–H groups in total. The van der Waals surface area contributed by atoms with E-state index in [1.165, 1.54) is 29.1 Å². The molecular weight excluding hydrogens is 351 g/mol. The van der Waals surface area contributed by atoms with Gasteiger partial charge in [-0.05, 0) is 50.1 Å². The number of aromatic nitrogens is 1. The van der Waals surface area contributed by atoms with Crippen molar-refractivity contribution in [1.82, 2.24) is 4.57 Å². The van der Waals surface area contributed by atoms with E-state index >= 15 is 0 Å². The van der Waals surface area contributed by atoms with Crippen LogP contribution in [0.25, 0.3) is 0 Å². The molecule has 2 aromatic carbocycles. The number of rotatable bonds is 4. The molecule has 0 radical (unpaired) electrons. The highest BCUT2D eigenvalue weighted by Crippen LogP contribution is 2.29. The Hall–Kier alpha value is -2.82. The number of carbonyl (C=O) groups is 1. The van der Waals surface area contributed by atoms with Crippen molar-refractivity contribution >= 4 is 5.78 Å². The minimum atomic E-state index is -4.41. The van der Waals surface area contributed by atoms with Crippen molar-refractivity contribution < 1.29 is 18.0 Å². The Morgan fingerprint density at radius 2 is 1.41 bits per heavy atom. The molecule has 1 heterocycles. The zero-order valence-corrected chi connectivity index (χ0v) is 15.4. The number of alkyl halides is 3. The summed E-state index contributed by atoms with van der Waals surface area (Å²) < 4.78 is 40.1. The van der Waals surface area contributed by atoms with E-state index in [-0.39, 0.29) is 11.3 Å². The molecule has 0 spiro atoms. The number of nitrogens with zero attached hydrogens (tertiary/aromatic N) is 1. The normalized spacial score (nSPS) is 11.6. The molecule has 0 aliphatic carbocycles. The predicted octanol–water partition coefficient (Wildman–Crippen LogP) is 5.71. The van der Waals surface area contributed by atoms with Crippen LogP contribution in [-0.2, 0) is 12.7 Å². The van der Waals surface area contributed by atoms with Crippen LogP contribution in [-0.4, -0.2) is 10.4 Å². The lowest BCUT2D eigenvalue weighted by molar-refractivity contribution is -0.137. The second-order valence-corrected chi connectivity index (χ2v) is 6.74. The number of hydrogen-bond donors (Lipinski definition) is 0. The molecule has 140 valence electrons. The number of benzene rings is 2. The molecular formula is C22H20F3NO. The van der Waals surface area contributed by atoms with Gasteiger partial charge in [0, 0.05) is 29.1 Å². The molecule has 0 saturated carbocycles. The fourth-order valence-electron chi connectivity index (χ4n) is 3.14. The molecule has 0 fully saturated rings. The molecule has 0 bridgehead atoms. The lowest BCUT2D eigenvalue weighted by atomic mass is 10.0. The van der Waals surface area contributed by atoms with Crippen LogP contribution in [0.4, 0.5) is 13.2 Å². The van der Waals surface area contributed by atoms with Crippen LogP contribution in [0.5, 0.6) is 0 Å². The van der Waals surface area contributed by atoms with Gasteiger partial charge in [-0.1, -0.05) is 36.4 Å². The van der Waals surface area contributed by atoms with Crippen LogP contribution < -0.4 is 0 Å². The van der Waals surface area contributed by atoms with Gasteiger partial charge >= 0.3 is 6.18 Å².